The second-order valence-electron chi connectivity index (χ2n) is 6.35. The van der Waals surface area contributed by atoms with E-state index < -0.39 is 7.12 Å². The molecule has 21 heavy (non-hydrogen) atoms. The zero-order chi connectivity index (χ0) is 15.3. The van der Waals surface area contributed by atoms with Crippen molar-refractivity contribution in [3.63, 3.8) is 0 Å². The van der Waals surface area contributed by atoms with Gasteiger partial charge in [0.25, 0.3) is 0 Å². The standard InChI is InChI=1S/C16H17BN2O2/c1-15(2)16(3,4)21-17(20-15)12-7-5-11-6-8-13(10-18)19-14(11)9-12/h5-9H,1-4H3. The first-order valence-corrected chi connectivity index (χ1v) is 6.99. The van der Waals surface area contributed by atoms with Crippen LogP contribution in [-0.2, 0) is 9.31 Å². The monoisotopic (exact) mass is 280 g/mol. The molecule has 0 N–H and O–H groups in total. The van der Waals surface area contributed by atoms with E-state index in [-0.39, 0.29) is 11.2 Å². The molecular formula is C16H17BN2O2. The third kappa shape index (κ3) is 2.31. The Morgan fingerprint density at radius 1 is 1.05 bits per heavy atom. The number of nitrogens with zero attached hydrogens (tertiary/aromatic N) is 2. The van der Waals surface area contributed by atoms with Crippen LogP contribution in [0.15, 0.2) is 30.3 Å². The van der Waals surface area contributed by atoms with Crippen LogP contribution in [0.5, 0.6) is 0 Å². The highest BCUT2D eigenvalue weighted by Gasteiger charge is 2.51. The molecule has 1 saturated heterocycles. The van der Waals surface area contributed by atoms with E-state index in [1.54, 1.807) is 6.07 Å². The maximum atomic E-state index is 8.95. The summed E-state index contributed by atoms with van der Waals surface area (Å²) >= 11 is 0. The topological polar surface area (TPSA) is 55.1 Å². The minimum atomic E-state index is -0.410. The Morgan fingerprint density at radius 2 is 1.67 bits per heavy atom. The molecule has 0 unspecified atom stereocenters. The Labute approximate surface area is 124 Å². The van der Waals surface area contributed by atoms with Crippen molar-refractivity contribution in [1.29, 1.82) is 5.26 Å². The van der Waals surface area contributed by atoms with Crippen LogP contribution < -0.4 is 5.46 Å². The molecular weight excluding hydrogens is 263 g/mol. The first kappa shape index (κ1) is 14.1. The predicted octanol–water partition coefficient (Wildman–Crippen LogP) is 2.41. The van der Waals surface area contributed by atoms with Gasteiger partial charge in [-0.2, -0.15) is 5.26 Å². The molecule has 0 radical (unpaired) electrons. The molecule has 1 aromatic heterocycles. The fraction of sp³-hybridized carbons (Fsp3) is 0.375. The second kappa shape index (κ2) is 4.55. The molecule has 3 rings (SSSR count). The summed E-state index contributed by atoms with van der Waals surface area (Å²) in [5.74, 6) is 0. The number of benzene rings is 1. The third-order valence-electron chi connectivity index (χ3n) is 4.36. The summed E-state index contributed by atoms with van der Waals surface area (Å²) in [7, 11) is -0.410. The summed E-state index contributed by atoms with van der Waals surface area (Å²) < 4.78 is 12.1. The third-order valence-corrected chi connectivity index (χ3v) is 4.36. The zero-order valence-electron chi connectivity index (χ0n) is 12.7. The Bertz CT molecular complexity index is 734. The minimum absolute atomic E-state index is 0.367. The van der Waals surface area contributed by atoms with Crippen molar-refractivity contribution < 1.29 is 9.31 Å². The van der Waals surface area contributed by atoms with Crippen molar-refractivity contribution >= 4 is 23.5 Å². The normalized spacial score (nSPS) is 19.7. The van der Waals surface area contributed by atoms with Crippen LogP contribution in [0.25, 0.3) is 10.9 Å². The van der Waals surface area contributed by atoms with Crippen molar-refractivity contribution in [3.8, 4) is 6.07 Å². The number of aromatic nitrogens is 1. The van der Waals surface area contributed by atoms with Gasteiger partial charge in [-0.25, -0.2) is 4.98 Å². The van der Waals surface area contributed by atoms with Gasteiger partial charge in [0, 0.05) is 5.39 Å². The Kier molecular flexibility index (Phi) is 3.05. The lowest BCUT2D eigenvalue weighted by atomic mass is 9.79. The van der Waals surface area contributed by atoms with E-state index >= 15 is 0 Å². The Hall–Kier alpha value is -1.90. The van der Waals surface area contributed by atoms with E-state index in [0.29, 0.717) is 5.69 Å². The number of nitriles is 1. The number of fused-ring (bicyclic) bond motifs is 1. The van der Waals surface area contributed by atoms with E-state index in [2.05, 4.69) is 11.1 Å². The average Bonchev–Trinajstić information content (AvgIpc) is 2.66. The first-order valence-electron chi connectivity index (χ1n) is 6.99. The lowest BCUT2D eigenvalue weighted by molar-refractivity contribution is 0.00578. The highest BCUT2D eigenvalue weighted by atomic mass is 16.7. The van der Waals surface area contributed by atoms with Crippen molar-refractivity contribution in [2.45, 2.75) is 38.9 Å². The van der Waals surface area contributed by atoms with E-state index in [1.807, 2.05) is 52.0 Å². The van der Waals surface area contributed by atoms with Gasteiger partial charge in [-0.3, -0.25) is 0 Å². The maximum Gasteiger partial charge on any atom is 0.494 e. The van der Waals surface area contributed by atoms with Gasteiger partial charge in [-0.05, 0) is 51.4 Å². The van der Waals surface area contributed by atoms with Crippen LogP contribution in [0.4, 0.5) is 0 Å². The van der Waals surface area contributed by atoms with Crippen molar-refractivity contribution in [1.82, 2.24) is 4.98 Å². The molecule has 5 heteroatoms. The summed E-state index contributed by atoms with van der Waals surface area (Å²) in [5, 5.41) is 9.95. The number of hydrogen-bond donors (Lipinski definition) is 0. The molecule has 1 aliphatic heterocycles. The minimum Gasteiger partial charge on any atom is -0.399 e. The first-order chi connectivity index (χ1) is 9.82. The van der Waals surface area contributed by atoms with E-state index in [1.165, 1.54) is 0 Å². The van der Waals surface area contributed by atoms with Crippen LogP contribution in [0.1, 0.15) is 33.4 Å². The molecule has 1 fully saturated rings. The number of rotatable bonds is 1. The lowest BCUT2D eigenvalue weighted by Crippen LogP contribution is -2.41. The van der Waals surface area contributed by atoms with Crippen LogP contribution >= 0.6 is 0 Å². The van der Waals surface area contributed by atoms with Gasteiger partial charge in [-0.1, -0.05) is 12.1 Å². The van der Waals surface area contributed by atoms with Gasteiger partial charge < -0.3 is 9.31 Å². The summed E-state index contributed by atoms with van der Waals surface area (Å²) in [6.45, 7) is 8.11. The molecule has 0 aliphatic carbocycles. The van der Waals surface area contributed by atoms with Gasteiger partial charge >= 0.3 is 7.12 Å². The quantitative estimate of drug-likeness (QED) is 0.753. The fourth-order valence-corrected chi connectivity index (χ4v) is 2.32. The molecule has 2 aromatic rings. The molecule has 0 atom stereocenters. The van der Waals surface area contributed by atoms with Crippen LogP contribution in [0, 0.1) is 11.3 Å². The van der Waals surface area contributed by atoms with E-state index in [0.717, 1.165) is 16.4 Å². The number of pyridine rings is 1. The summed E-state index contributed by atoms with van der Waals surface area (Å²) in [6, 6.07) is 11.6. The summed E-state index contributed by atoms with van der Waals surface area (Å²) in [4.78, 5) is 4.33. The highest BCUT2D eigenvalue weighted by Crippen LogP contribution is 2.36. The molecule has 2 heterocycles. The SMILES string of the molecule is CC1(C)OB(c2ccc3ccc(C#N)nc3c2)OC1(C)C. The summed E-state index contributed by atoms with van der Waals surface area (Å²) in [6.07, 6.45) is 0. The number of hydrogen-bond acceptors (Lipinski definition) is 4. The molecule has 1 aliphatic rings. The van der Waals surface area contributed by atoms with Gasteiger partial charge in [-0.15, -0.1) is 0 Å². The summed E-state index contributed by atoms with van der Waals surface area (Å²) in [5.41, 5.74) is 1.38. The molecule has 0 bridgehead atoms. The molecule has 4 nitrogen and oxygen atoms in total. The van der Waals surface area contributed by atoms with Gasteiger partial charge in [0.05, 0.1) is 16.7 Å². The largest absolute Gasteiger partial charge is 0.494 e. The van der Waals surface area contributed by atoms with E-state index in [9.17, 15) is 0 Å². The molecule has 0 amide bonds. The average molecular weight is 280 g/mol. The molecule has 1 aromatic carbocycles. The Morgan fingerprint density at radius 3 is 2.29 bits per heavy atom. The van der Waals surface area contributed by atoms with Crippen LogP contribution in [-0.4, -0.2) is 23.3 Å². The smallest absolute Gasteiger partial charge is 0.399 e. The lowest BCUT2D eigenvalue weighted by Gasteiger charge is -2.32. The van der Waals surface area contributed by atoms with Crippen LogP contribution in [0.3, 0.4) is 0 Å². The maximum absolute atomic E-state index is 8.95. The predicted molar refractivity (Wildman–Crippen MR) is 82.2 cm³/mol. The van der Waals surface area contributed by atoms with Crippen molar-refractivity contribution in [3.05, 3.63) is 36.0 Å². The second-order valence-corrected chi connectivity index (χ2v) is 6.35. The van der Waals surface area contributed by atoms with Gasteiger partial charge in [0.15, 0.2) is 0 Å². The molecule has 0 saturated carbocycles. The van der Waals surface area contributed by atoms with E-state index in [4.69, 9.17) is 14.6 Å². The highest BCUT2D eigenvalue weighted by molar-refractivity contribution is 6.62. The van der Waals surface area contributed by atoms with Gasteiger partial charge in [0.1, 0.15) is 11.8 Å². The van der Waals surface area contributed by atoms with Crippen molar-refractivity contribution in [2.75, 3.05) is 0 Å². The van der Waals surface area contributed by atoms with Crippen molar-refractivity contribution in [2.24, 2.45) is 0 Å². The van der Waals surface area contributed by atoms with Gasteiger partial charge in [0.2, 0.25) is 0 Å². The zero-order valence-corrected chi connectivity index (χ0v) is 12.7. The Balaban J connectivity index is 2.01. The fourth-order valence-electron chi connectivity index (χ4n) is 2.32. The molecule has 106 valence electrons. The molecule has 0 spiro atoms. The van der Waals surface area contributed by atoms with Crippen LogP contribution in [0.2, 0.25) is 0 Å².